The van der Waals surface area contributed by atoms with E-state index in [1.54, 1.807) is 12.1 Å². The van der Waals surface area contributed by atoms with Gasteiger partial charge in [0.2, 0.25) is 0 Å². The van der Waals surface area contributed by atoms with Gasteiger partial charge in [0.1, 0.15) is 0 Å². The Labute approximate surface area is 139 Å². The van der Waals surface area contributed by atoms with E-state index in [2.05, 4.69) is 61.8 Å². The Morgan fingerprint density at radius 2 is 2.22 bits per heavy atom. The third kappa shape index (κ3) is 4.03. The van der Waals surface area contributed by atoms with E-state index in [1.807, 2.05) is 6.08 Å². The van der Waals surface area contributed by atoms with Crippen molar-refractivity contribution in [1.29, 1.82) is 0 Å². The second kappa shape index (κ2) is 7.49. The summed E-state index contributed by atoms with van der Waals surface area (Å²) in [7, 11) is 1.81. The Kier molecular flexibility index (Phi) is 5.64. The lowest BCUT2D eigenvalue weighted by Crippen LogP contribution is -2.37. The number of nitrogens with zero attached hydrogens (tertiary/aromatic N) is 2. The number of likely N-dealkylation sites (N-methyl/N-ethyl adjacent to an activating group) is 1. The Bertz CT molecular complexity index is 616. The predicted octanol–water partition coefficient (Wildman–Crippen LogP) is 3.20. The first-order chi connectivity index (χ1) is 11.0. The van der Waals surface area contributed by atoms with Crippen LogP contribution in [0.1, 0.15) is 36.1 Å². The van der Waals surface area contributed by atoms with Crippen LogP contribution in [0.25, 0.3) is 0 Å². The van der Waals surface area contributed by atoms with Gasteiger partial charge in [-0.2, -0.15) is 0 Å². The second-order valence-electron chi connectivity index (χ2n) is 6.12. The monoisotopic (exact) mass is 312 g/mol. The average molecular weight is 312 g/mol. The average Bonchev–Trinajstić information content (AvgIpc) is 2.90. The number of hydrazine groups is 2. The van der Waals surface area contributed by atoms with E-state index in [1.165, 1.54) is 22.3 Å². The van der Waals surface area contributed by atoms with Gasteiger partial charge in [0, 0.05) is 18.9 Å². The highest BCUT2D eigenvalue weighted by molar-refractivity contribution is 5.40. The van der Waals surface area contributed by atoms with Gasteiger partial charge in [0.15, 0.2) is 0 Å². The molecule has 0 saturated heterocycles. The van der Waals surface area contributed by atoms with Gasteiger partial charge in [0.25, 0.3) is 0 Å². The lowest BCUT2D eigenvalue weighted by molar-refractivity contribution is 0.266. The molecule has 2 rings (SSSR count). The normalized spacial score (nSPS) is 17.1. The van der Waals surface area contributed by atoms with Gasteiger partial charge in [-0.25, -0.2) is 11.3 Å². The Balaban J connectivity index is 2.28. The van der Waals surface area contributed by atoms with E-state index in [-0.39, 0.29) is 6.04 Å². The molecule has 3 N–H and O–H groups in total. The van der Waals surface area contributed by atoms with Crippen LogP contribution in [0.3, 0.4) is 0 Å². The van der Waals surface area contributed by atoms with Gasteiger partial charge in [0.05, 0.1) is 12.6 Å². The maximum absolute atomic E-state index is 5.76. The number of hydrogen-bond acceptors (Lipinski definition) is 4. The minimum Gasteiger partial charge on any atom is -0.317 e. The van der Waals surface area contributed by atoms with E-state index in [9.17, 15) is 0 Å². The zero-order valence-corrected chi connectivity index (χ0v) is 14.5. The summed E-state index contributed by atoms with van der Waals surface area (Å²) in [6.07, 6.45) is 5.99. The van der Waals surface area contributed by atoms with Crippen molar-refractivity contribution in [3.05, 3.63) is 71.6 Å². The molecule has 0 spiro atoms. The Morgan fingerprint density at radius 3 is 2.83 bits per heavy atom. The highest BCUT2D eigenvalue weighted by Crippen LogP contribution is 2.33. The van der Waals surface area contributed by atoms with Gasteiger partial charge >= 0.3 is 0 Å². The zero-order valence-electron chi connectivity index (χ0n) is 14.5. The van der Waals surface area contributed by atoms with E-state index in [0.717, 1.165) is 18.5 Å². The molecule has 0 bridgehead atoms. The summed E-state index contributed by atoms with van der Waals surface area (Å²) in [4.78, 5) is 0. The predicted molar refractivity (Wildman–Crippen MR) is 97.1 cm³/mol. The molecule has 1 aromatic carbocycles. The molecule has 1 heterocycles. The smallest absolute Gasteiger partial charge is 0.0745 e. The third-order valence-corrected chi connectivity index (χ3v) is 4.21. The van der Waals surface area contributed by atoms with Crippen LogP contribution < -0.4 is 11.3 Å². The molecule has 1 atom stereocenters. The first-order valence-corrected chi connectivity index (χ1v) is 8.06. The van der Waals surface area contributed by atoms with E-state index in [4.69, 9.17) is 5.84 Å². The van der Waals surface area contributed by atoms with Gasteiger partial charge in [-0.15, -0.1) is 6.58 Å². The lowest BCUT2D eigenvalue weighted by Gasteiger charge is -2.25. The molecule has 4 nitrogen and oxygen atoms in total. The minimum atomic E-state index is 0.179. The summed E-state index contributed by atoms with van der Waals surface area (Å²) in [6, 6.07) is 6.86. The summed E-state index contributed by atoms with van der Waals surface area (Å²) in [5.74, 6) is 5.76. The number of allylic oxidation sites excluding steroid dienone is 1. The van der Waals surface area contributed by atoms with Crippen LogP contribution >= 0.6 is 0 Å². The van der Waals surface area contributed by atoms with Crippen LogP contribution in [-0.2, 0) is 6.42 Å². The Hall–Kier alpha value is -2.04. The first-order valence-electron chi connectivity index (χ1n) is 8.06. The molecule has 1 aliphatic rings. The summed E-state index contributed by atoms with van der Waals surface area (Å²) >= 11 is 0. The summed E-state index contributed by atoms with van der Waals surface area (Å²) in [6.45, 7) is 12.9. The van der Waals surface area contributed by atoms with Crippen LogP contribution in [0.15, 0.2) is 54.9 Å². The molecular weight excluding hydrogens is 284 g/mol. The third-order valence-electron chi connectivity index (χ3n) is 4.21. The molecule has 4 heteroatoms. The van der Waals surface area contributed by atoms with Crippen molar-refractivity contribution in [2.75, 3.05) is 13.6 Å². The standard InChI is InChI=1S/C19H28N4/c1-6-8-17-13-23(12-15(4)22(5)20)21-19(17)18-11-14(3)9-10-16(18)7-2/h6,9-11,13,19,21H,1,4,7-8,12,20H2,2-3,5H3. The quantitative estimate of drug-likeness (QED) is 0.461. The number of nitrogens with one attached hydrogen (secondary N) is 1. The largest absolute Gasteiger partial charge is 0.317 e. The molecule has 23 heavy (non-hydrogen) atoms. The summed E-state index contributed by atoms with van der Waals surface area (Å²) in [5.41, 5.74) is 9.74. The van der Waals surface area contributed by atoms with Crippen molar-refractivity contribution in [2.24, 2.45) is 5.84 Å². The van der Waals surface area contributed by atoms with Crippen molar-refractivity contribution >= 4 is 0 Å². The fourth-order valence-electron chi connectivity index (χ4n) is 2.87. The van der Waals surface area contributed by atoms with Gasteiger partial charge in [-0.05, 0) is 36.5 Å². The topological polar surface area (TPSA) is 44.5 Å². The van der Waals surface area contributed by atoms with Crippen molar-refractivity contribution in [1.82, 2.24) is 15.4 Å². The molecule has 0 fully saturated rings. The van der Waals surface area contributed by atoms with Crippen LogP contribution in [0.4, 0.5) is 0 Å². The maximum Gasteiger partial charge on any atom is 0.0745 e. The molecule has 0 radical (unpaired) electrons. The maximum atomic E-state index is 5.76. The SMILES string of the molecule is C=CCC1=CN(CC(=C)N(C)N)NC1c1cc(C)ccc1CC. The van der Waals surface area contributed by atoms with Crippen LogP contribution in [0, 0.1) is 6.92 Å². The van der Waals surface area contributed by atoms with E-state index >= 15 is 0 Å². The number of rotatable bonds is 7. The highest BCUT2D eigenvalue weighted by atomic mass is 15.5. The number of aryl methyl sites for hydroxylation is 2. The highest BCUT2D eigenvalue weighted by Gasteiger charge is 2.26. The molecule has 1 aromatic rings. The van der Waals surface area contributed by atoms with Gasteiger partial charge in [-0.3, -0.25) is 0 Å². The molecule has 0 aromatic heterocycles. The van der Waals surface area contributed by atoms with Crippen molar-refractivity contribution in [3.63, 3.8) is 0 Å². The minimum absolute atomic E-state index is 0.179. The molecule has 0 saturated carbocycles. The number of hydrogen-bond donors (Lipinski definition) is 2. The fourth-order valence-corrected chi connectivity index (χ4v) is 2.87. The van der Waals surface area contributed by atoms with E-state index in [0.29, 0.717) is 6.54 Å². The van der Waals surface area contributed by atoms with Crippen molar-refractivity contribution in [2.45, 2.75) is 32.7 Å². The summed E-state index contributed by atoms with van der Waals surface area (Å²) < 4.78 is 0. The van der Waals surface area contributed by atoms with Gasteiger partial charge < -0.3 is 10.0 Å². The van der Waals surface area contributed by atoms with Crippen molar-refractivity contribution in [3.8, 4) is 0 Å². The molecule has 0 aliphatic carbocycles. The second-order valence-corrected chi connectivity index (χ2v) is 6.12. The van der Waals surface area contributed by atoms with Crippen LogP contribution in [0.5, 0.6) is 0 Å². The fraction of sp³-hybridized carbons (Fsp3) is 0.368. The van der Waals surface area contributed by atoms with E-state index < -0.39 is 0 Å². The van der Waals surface area contributed by atoms with Crippen LogP contribution in [0.2, 0.25) is 0 Å². The molecule has 1 aliphatic heterocycles. The molecule has 1 unspecified atom stereocenters. The Morgan fingerprint density at radius 1 is 1.48 bits per heavy atom. The molecule has 124 valence electrons. The zero-order chi connectivity index (χ0) is 17.0. The lowest BCUT2D eigenvalue weighted by atomic mass is 9.92. The molecule has 0 amide bonds. The first kappa shape index (κ1) is 17.3. The van der Waals surface area contributed by atoms with Crippen LogP contribution in [-0.4, -0.2) is 23.6 Å². The molecular formula is C19H28N4. The number of benzene rings is 1. The van der Waals surface area contributed by atoms with Gasteiger partial charge in [-0.1, -0.05) is 43.3 Å². The number of nitrogens with two attached hydrogens (primary N) is 1. The summed E-state index contributed by atoms with van der Waals surface area (Å²) in [5, 5.41) is 3.62. The van der Waals surface area contributed by atoms with Crippen molar-refractivity contribution < 1.29 is 0 Å².